The molecule has 0 heterocycles. The standard InChI is InChI=1S/C20H21ClN2O7S/c1-12(23(31(4,27)28)15-8-6-14(21)7-9-15)18(24)22-17-11-13(19(25)29-2)5-10-16(17)20(26)30-3/h5-12H,1-4H3,(H,22,24)/t12-/m0/s1. The lowest BCUT2D eigenvalue weighted by molar-refractivity contribution is -0.116. The summed E-state index contributed by atoms with van der Waals surface area (Å²) in [4.78, 5) is 36.9. The van der Waals surface area contributed by atoms with E-state index in [9.17, 15) is 22.8 Å². The van der Waals surface area contributed by atoms with Gasteiger partial charge in [-0.3, -0.25) is 9.10 Å². The third kappa shape index (κ3) is 5.74. The molecule has 0 unspecified atom stereocenters. The zero-order valence-corrected chi connectivity index (χ0v) is 18.8. The van der Waals surface area contributed by atoms with E-state index < -0.39 is 33.9 Å². The summed E-state index contributed by atoms with van der Waals surface area (Å²) < 4.78 is 35.1. The molecule has 2 rings (SSSR count). The summed E-state index contributed by atoms with van der Waals surface area (Å²) in [6.45, 7) is 1.38. The van der Waals surface area contributed by atoms with Gasteiger partial charge in [0.25, 0.3) is 0 Å². The van der Waals surface area contributed by atoms with E-state index in [1.54, 1.807) is 0 Å². The Morgan fingerprint density at radius 2 is 1.58 bits per heavy atom. The van der Waals surface area contributed by atoms with Crippen LogP contribution in [-0.4, -0.2) is 52.8 Å². The minimum atomic E-state index is -3.86. The van der Waals surface area contributed by atoms with Gasteiger partial charge in [-0.25, -0.2) is 18.0 Å². The zero-order valence-electron chi connectivity index (χ0n) is 17.2. The Morgan fingerprint density at radius 1 is 1.00 bits per heavy atom. The van der Waals surface area contributed by atoms with Crippen molar-refractivity contribution in [2.24, 2.45) is 0 Å². The molecule has 9 nitrogen and oxygen atoms in total. The molecule has 0 aliphatic rings. The fourth-order valence-corrected chi connectivity index (χ4v) is 4.12. The molecule has 0 fully saturated rings. The minimum Gasteiger partial charge on any atom is -0.465 e. The van der Waals surface area contributed by atoms with E-state index in [0.717, 1.165) is 17.7 Å². The van der Waals surface area contributed by atoms with Crippen LogP contribution >= 0.6 is 11.6 Å². The highest BCUT2D eigenvalue weighted by Crippen LogP contribution is 2.25. The lowest BCUT2D eigenvalue weighted by Gasteiger charge is -2.28. The minimum absolute atomic E-state index is 0.0203. The van der Waals surface area contributed by atoms with Crippen molar-refractivity contribution in [2.45, 2.75) is 13.0 Å². The molecule has 0 spiro atoms. The molecule has 1 amide bonds. The van der Waals surface area contributed by atoms with Crippen LogP contribution in [0.4, 0.5) is 11.4 Å². The van der Waals surface area contributed by atoms with Gasteiger partial charge in [0.05, 0.1) is 43.0 Å². The Bertz CT molecular complexity index is 1100. The highest BCUT2D eigenvalue weighted by molar-refractivity contribution is 7.92. The van der Waals surface area contributed by atoms with E-state index in [2.05, 4.69) is 10.1 Å². The van der Waals surface area contributed by atoms with Crippen molar-refractivity contribution in [1.29, 1.82) is 0 Å². The molecule has 166 valence electrons. The van der Waals surface area contributed by atoms with Gasteiger partial charge in [-0.2, -0.15) is 0 Å². The van der Waals surface area contributed by atoms with Gasteiger partial charge < -0.3 is 14.8 Å². The van der Waals surface area contributed by atoms with Crippen LogP contribution in [0.25, 0.3) is 0 Å². The van der Waals surface area contributed by atoms with E-state index in [1.165, 1.54) is 56.5 Å². The fourth-order valence-electron chi connectivity index (χ4n) is 2.81. The van der Waals surface area contributed by atoms with Crippen LogP contribution in [0.2, 0.25) is 5.02 Å². The molecule has 0 aliphatic carbocycles. The monoisotopic (exact) mass is 468 g/mol. The first-order valence-electron chi connectivity index (χ1n) is 8.86. The van der Waals surface area contributed by atoms with Crippen molar-refractivity contribution < 1.29 is 32.3 Å². The fraction of sp³-hybridized carbons (Fsp3) is 0.250. The summed E-state index contributed by atoms with van der Waals surface area (Å²) in [6, 6.07) is 8.60. The Kier molecular flexibility index (Phi) is 7.64. The first-order valence-corrected chi connectivity index (χ1v) is 11.1. The number of hydrogen-bond donors (Lipinski definition) is 1. The van der Waals surface area contributed by atoms with Crippen molar-refractivity contribution in [2.75, 3.05) is 30.1 Å². The molecule has 1 N–H and O–H groups in total. The summed E-state index contributed by atoms with van der Waals surface area (Å²) in [6.07, 6.45) is 0.961. The molecule has 2 aromatic carbocycles. The molecule has 0 radical (unpaired) electrons. The van der Waals surface area contributed by atoms with Crippen molar-refractivity contribution in [3.05, 3.63) is 58.6 Å². The van der Waals surface area contributed by atoms with E-state index in [-0.39, 0.29) is 22.5 Å². The van der Waals surface area contributed by atoms with Crippen molar-refractivity contribution in [1.82, 2.24) is 0 Å². The number of ether oxygens (including phenoxy) is 2. The number of nitrogens with one attached hydrogen (secondary N) is 1. The largest absolute Gasteiger partial charge is 0.465 e. The lowest BCUT2D eigenvalue weighted by atomic mass is 10.1. The molecule has 0 saturated carbocycles. The van der Waals surface area contributed by atoms with Crippen molar-refractivity contribution in [3.8, 4) is 0 Å². The van der Waals surface area contributed by atoms with Gasteiger partial charge in [-0.05, 0) is 49.4 Å². The Labute approximate surface area is 184 Å². The van der Waals surface area contributed by atoms with Gasteiger partial charge in [0, 0.05) is 5.02 Å². The van der Waals surface area contributed by atoms with E-state index in [0.29, 0.717) is 5.02 Å². The molecule has 0 bridgehead atoms. The topological polar surface area (TPSA) is 119 Å². The number of nitrogens with zero attached hydrogens (tertiary/aromatic N) is 1. The number of methoxy groups -OCH3 is 2. The number of anilines is 2. The van der Waals surface area contributed by atoms with Crippen LogP contribution in [0.1, 0.15) is 27.6 Å². The first kappa shape index (κ1) is 24.2. The van der Waals surface area contributed by atoms with Gasteiger partial charge in [0.1, 0.15) is 6.04 Å². The Hall–Kier alpha value is -3.11. The summed E-state index contributed by atoms with van der Waals surface area (Å²) in [7, 11) is -1.51. The molecule has 0 saturated heterocycles. The molecule has 0 aliphatic heterocycles. The van der Waals surface area contributed by atoms with Crippen molar-refractivity contribution >= 4 is 50.8 Å². The predicted molar refractivity (Wildman–Crippen MR) is 116 cm³/mol. The Morgan fingerprint density at radius 3 is 2.10 bits per heavy atom. The van der Waals surface area contributed by atoms with Crippen LogP contribution < -0.4 is 9.62 Å². The van der Waals surface area contributed by atoms with Gasteiger partial charge in [-0.1, -0.05) is 11.6 Å². The SMILES string of the molecule is COC(=O)c1ccc(C(=O)OC)c(NC(=O)[C@H](C)N(c2ccc(Cl)cc2)S(C)(=O)=O)c1. The van der Waals surface area contributed by atoms with Gasteiger partial charge in [0.2, 0.25) is 15.9 Å². The second-order valence-electron chi connectivity index (χ2n) is 6.44. The second-order valence-corrected chi connectivity index (χ2v) is 8.74. The normalized spacial score (nSPS) is 11.9. The second kappa shape index (κ2) is 9.80. The molecule has 11 heteroatoms. The smallest absolute Gasteiger partial charge is 0.339 e. The third-order valence-corrected chi connectivity index (χ3v) is 5.77. The van der Waals surface area contributed by atoms with Crippen LogP contribution in [0.15, 0.2) is 42.5 Å². The third-order valence-electron chi connectivity index (χ3n) is 4.27. The van der Waals surface area contributed by atoms with Crippen LogP contribution in [0.3, 0.4) is 0 Å². The van der Waals surface area contributed by atoms with Crippen LogP contribution in [0, 0.1) is 0 Å². The molecule has 0 aromatic heterocycles. The maximum absolute atomic E-state index is 12.9. The van der Waals surface area contributed by atoms with Gasteiger partial charge in [0.15, 0.2) is 0 Å². The molecule has 1 atom stereocenters. The average Bonchev–Trinajstić information content (AvgIpc) is 2.73. The molecule has 31 heavy (non-hydrogen) atoms. The number of halogens is 1. The number of amides is 1. The maximum atomic E-state index is 12.9. The lowest BCUT2D eigenvalue weighted by Crippen LogP contribution is -2.45. The summed E-state index contributed by atoms with van der Waals surface area (Å²) in [5.41, 5.74) is 0.256. The first-order chi connectivity index (χ1) is 14.5. The van der Waals surface area contributed by atoms with Crippen LogP contribution in [-0.2, 0) is 24.3 Å². The number of hydrogen-bond acceptors (Lipinski definition) is 7. The molecular weight excluding hydrogens is 448 g/mol. The predicted octanol–water partition coefficient (Wildman–Crippen LogP) is 2.71. The Balaban J connectivity index is 2.44. The van der Waals surface area contributed by atoms with E-state index in [1.807, 2.05) is 0 Å². The summed E-state index contributed by atoms with van der Waals surface area (Å²) in [5.74, 6) is -2.18. The van der Waals surface area contributed by atoms with Gasteiger partial charge >= 0.3 is 11.9 Å². The quantitative estimate of drug-likeness (QED) is 0.620. The van der Waals surface area contributed by atoms with Crippen LogP contribution in [0.5, 0.6) is 0 Å². The number of rotatable bonds is 7. The average molecular weight is 469 g/mol. The highest BCUT2D eigenvalue weighted by atomic mass is 35.5. The number of carbonyl (C=O) groups excluding carboxylic acids is 3. The maximum Gasteiger partial charge on any atom is 0.339 e. The van der Waals surface area contributed by atoms with E-state index >= 15 is 0 Å². The van der Waals surface area contributed by atoms with E-state index in [4.69, 9.17) is 16.3 Å². The number of benzene rings is 2. The highest BCUT2D eigenvalue weighted by Gasteiger charge is 2.30. The summed E-state index contributed by atoms with van der Waals surface area (Å²) in [5, 5.41) is 2.90. The van der Waals surface area contributed by atoms with Gasteiger partial charge in [-0.15, -0.1) is 0 Å². The number of carbonyl (C=O) groups is 3. The number of esters is 2. The number of sulfonamides is 1. The molecule has 2 aromatic rings. The summed E-state index contributed by atoms with van der Waals surface area (Å²) >= 11 is 5.86. The molecular formula is C20H21ClN2O7S. The van der Waals surface area contributed by atoms with Crippen molar-refractivity contribution in [3.63, 3.8) is 0 Å². The zero-order chi connectivity index (χ0) is 23.3.